The smallest absolute Gasteiger partial charge is 0.338 e. The zero-order valence-corrected chi connectivity index (χ0v) is 18.2. The van der Waals surface area contributed by atoms with Crippen LogP contribution >= 0.6 is 0 Å². The van der Waals surface area contributed by atoms with E-state index in [9.17, 15) is 14.4 Å². The van der Waals surface area contributed by atoms with Crippen LogP contribution in [0.5, 0.6) is 5.75 Å². The lowest BCUT2D eigenvalue weighted by atomic mass is 10.1. The van der Waals surface area contributed by atoms with Gasteiger partial charge in [-0.1, -0.05) is 18.2 Å². The van der Waals surface area contributed by atoms with E-state index in [1.165, 1.54) is 18.2 Å². The van der Waals surface area contributed by atoms with Gasteiger partial charge in [0.05, 0.1) is 18.4 Å². The Morgan fingerprint density at radius 1 is 0.848 bits per heavy atom. The van der Waals surface area contributed by atoms with Crippen LogP contribution in [0.4, 0.5) is 11.4 Å². The van der Waals surface area contributed by atoms with Crippen LogP contribution in [0.2, 0.25) is 0 Å². The Labute approximate surface area is 191 Å². The van der Waals surface area contributed by atoms with Crippen LogP contribution in [0.1, 0.15) is 38.3 Å². The maximum Gasteiger partial charge on any atom is 0.338 e. The van der Waals surface area contributed by atoms with Gasteiger partial charge in [0.15, 0.2) is 6.61 Å². The van der Waals surface area contributed by atoms with E-state index < -0.39 is 18.5 Å². The summed E-state index contributed by atoms with van der Waals surface area (Å²) < 4.78 is 10.4. The highest BCUT2D eigenvalue weighted by molar-refractivity contribution is 6.05. The summed E-state index contributed by atoms with van der Waals surface area (Å²) in [6.07, 6.45) is 3.09. The fourth-order valence-corrected chi connectivity index (χ4v) is 3.76. The molecule has 3 aromatic carbocycles. The van der Waals surface area contributed by atoms with Gasteiger partial charge in [0.25, 0.3) is 11.8 Å². The first-order valence-electron chi connectivity index (χ1n) is 10.7. The molecule has 168 valence electrons. The minimum absolute atomic E-state index is 0.305. The third-order valence-corrected chi connectivity index (χ3v) is 5.45. The number of benzene rings is 3. The van der Waals surface area contributed by atoms with Crippen molar-refractivity contribution in [2.75, 3.05) is 24.4 Å². The van der Waals surface area contributed by atoms with E-state index in [2.05, 4.69) is 10.6 Å². The van der Waals surface area contributed by atoms with E-state index in [-0.39, 0.29) is 5.91 Å². The molecule has 0 aromatic heterocycles. The van der Waals surface area contributed by atoms with E-state index in [4.69, 9.17) is 9.47 Å². The number of amides is 2. The quantitative estimate of drug-likeness (QED) is 0.532. The van der Waals surface area contributed by atoms with Crippen molar-refractivity contribution < 1.29 is 23.9 Å². The first-order chi connectivity index (χ1) is 16.0. The third-order valence-electron chi connectivity index (χ3n) is 5.45. The maximum atomic E-state index is 12.5. The molecular formula is C26H24N2O5. The Hall–Kier alpha value is -4.13. The summed E-state index contributed by atoms with van der Waals surface area (Å²) in [5.74, 6) is -0.733. The lowest BCUT2D eigenvalue weighted by molar-refractivity contribution is -0.119. The number of carbonyl (C=O) groups excluding carboxylic acids is 3. The van der Waals surface area contributed by atoms with Crippen LogP contribution in [-0.4, -0.2) is 31.5 Å². The van der Waals surface area contributed by atoms with Crippen LogP contribution in [0.25, 0.3) is 0 Å². The molecule has 1 aliphatic rings. The highest BCUT2D eigenvalue weighted by Gasteiger charge is 2.16. The van der Waals surface area contributed by atoms with Gasteiger partial charge in [0.1, 0.15) is 5.75 Å². The Bertz CT molecular complexity index is 1190. The normalized spacial score (nSPS) is 11.9. The van der Waals surface area contributed by atoms with Crippen LogP contribution in [0, 0.1) is 0 Å². The van der Waals surface area contributed by atoms with Crippen molar-refractivity contribution >= 4 is 29.2 Å². The maximum absolute atomic E-state index is 12.5. The van der Waals surface area contributed by atoms with Gasteiger partial charge in [-0.15, -0.1) is 0 Å². The molecule has 0 atom stereocenters. The van der Waals surface area contributed by atoms with Gasteiger partial charge in [0.2, 0.25) is 0 Å². The molecule has 7 heteroatoms. The molecule has 0 aliphatic heterocycles. The number of methoxy groups -OCH3 is 1. The topological polar surface area (TPSA) is 93.7 Å². The fourth-order valence-electron chi connectivity index (χ4n) is 3.76. The summed E-state index contributed by atoms with van der Waals surface area (Å²) in [4.78, 5) is 36.9. The Morgan fingerprint density at radius 2 is 1.58 bits per heavy atom. The highest BCUT2D eigenvalue weighted by Crippen LogP contribution is 2.24. The second-order valence-electron chi connectivity index (χ2n) is 7.69. The first-order valence-corrected chi connectivity index (χ1v) is 10.7. The van der Waals surface area contributed by atoms with E-state index in [1.54, 1.807) is 48.5 Å². The molecule has 0 bridgehead atoms. The van der Waals surface area contributed by atoms with Crippen molar-refractivity contribution in [1.29, 1.82) is 0 Å². The van der Waals surface area contributed by atoms with Crippen molar-refractivity contribution in [3.63, 3.8) is 0 Å². The molecule has 0 saturated heterocycles. The molecular weight excluding hydrogens is 420 g/mol. The van der Waals surface area contributed by atoms with Crippen molar-refractivity contribution in [2.45, 2.75) is 19.3 Å². The molecule has 33 heavy (non-hydrogen) atoms. The van der Waals surface area contributed by atoms with Crippen LogP contribution in [0.3, 0.4) is 0 Å². The summed E-state index contributed by atoms with van der Waals surface area (Å²) in [6.45, 7) is -0.397. The monoisotopic (exact) mass is 444 g/mol. The van der Waals surface area contributed by atoms with Crippen LogP contribution < -0.4 is 15.4 Å². The number of nitrogens with one attached hydrogen (secondary N) is 2. The molecule has 0 fully saturated rings. The number of esters is 1. The molecule has 0 saturated carbocycles. The lowest BCUT2D eigenvalue weighted by Gasteiger charge is -2.10. The fraction of sp³-hybridized carbons (Fsp3) is 0.192. The number of hydrogen-bond acceptors (Lipinski definition) is 5. The first kappa shape index (κ1) is 22.1. The molecule has 1 aliphatic carbocycles. The second kappa shape index (κ2) is 9.99. The number of anilines is 2. The molecule has 0 unspecified atom stereocenters. The Morgan fingerprint density at radius 3 is 2.36 bits per heavy atom. The highest BCUT2D eigenvalue weighted by atomic mass is 16.5. The van der Waals surface area contributed by atoms with Crippen LogP contribution in [0.15, 0.2) is 66.7 Å². The van der Waals surface area contributed by atoms with Crippen molar-refractivity contribution in [3.05, 3.63) is 89.0 Å². The molecule has 3 aromatic rings. The standard InChI is InChI=1S/C26H24N2O5/c1-32-23-8-3-2-7-22(23)28-25(30)18-11-13-21(14-12-18)27-24(29)16-33-26(31)20-10-9-17-5-4-6-19(17)15-20/h2-3,7-15H,4-6,16H2,1H3,(H,27,29)(H,28,30). The molecule has 2 N–H and O–H groups in total. The summed E-state index contributed by atoms with van der Waals surface area (Å²) in [6, 6.07) is 19.0. The Kier molecular flexibility index (Phi) is 6.69. The van der Waals surface area contributed by atoms with Gasteiger partial charge in [-0.25, -0.2) is 4.79 Å². The average Bonchev–Trinajstić information content (AvgIpc) is 3.31. The van der Waals surface area contributed by atoms with E-state index in [0.717, 1.165) is 19.3 Å². The van der Waals surface area contributed by atoms with E-state index >= 15 is 0 Å². The molecule has 7 nitrogen and oxygen atoms in total. The number of ether oxygens (including phenoxy) is 2. The summed E-state index contributed by atoms with van der Waals surface area (Å²) >= 11 is 0. The van der Waals surface area contributed by atoms with Gasteiger partial charge < -0.3 is 20.1 Å². The zero-order valence-electron chi connectivity index (χ0n) is 18.2. The summed E-state index contributed by atoms with van der Waals surface area (Å²) in [5.41, 5.74) is 4.36. The number of aryl methyl sites for hydroxylation is 2. The van der Waals surface area contributed by atoms with Crippen LogP contribution in [-0.2, 0) is 22.4 Å². The number of carbonyl (C=O) groups is 3. The van der Waals surface area contributed by atoms with Gasteiger partial charge in [-0.05, 0) is 78.9 Å². The molecule has 0 radical (unpaired) electrons. The minimum atomic E-state index is -0.525. The predicted molar refractivity (Wildman–Crippen MR) is 125 cm³/mol. The van der Waals surface area contributed by atoms with Gasteiger partial charge in [-0.2, -0.15) is 0 Å². The predicted octanol–water partition coefficient (Wildman–Crippen LogP) is 4.23. The Balaban J connectivity index is 1.29. The molecule has 0 spiro atoms. The molecule has 2 amide bonds. The SMILES string of the molecule is COc1ccccc1NC(=O)c1ccc(NC(=O)COC(=O)c2ccc3c(c2)CCC3)cc1. The number of hydrogen-bond donors (Lipinski definition) is 2. The zero-order chi connectivity index (χ0) is 23.2. The third kappa shape index (κ3) is 5.38. The number of fused-ring (bicyclic) bond motifs is 1. The van der Waals surface area contributed by atoms with Gasteiger partial charge in [0, 0.05) is 11.3 Å². The van der Waals surface area contributed by atoms with Gasteiger partial charge in [-0.3, -0.25) is 9.59 Å². The van der Waals surface area contributed by atoms with Gasteiger partial charge >= 0.3 is 5.97 Å². The van der Waals surface area contributed by atoms with Crippen molar-refractivity contribution in [2.24, 2.45) is 0 Å². The second-order valence-corrected chi connectivity index (χ2v) is 7.69. The minimum Gasteiger partial charge on any atom is -0.495 e. The molecule has 0 heterocycles. The van der Waals surface area contributed by atoms with Crippen molar-refractivity contribution in [3.8, 4) is 5.75 Å². The average molecular weight is 444 g/mol. The summed E-state index contributed by atoms with van der Waals surface area (Å²) in [7, 11) is 1.53. The summed E-state index contributed by atoms with van der Waals surface area (Å²) in [5, 5.41) is 5.45. The van der Waals surface area contributed by atoms with E-state index in [0.29, 0.717) is 28.3 Å². The largest absolute Gasteiger partial charge is 0.495 e. The van der Waals surface area contributed by atoms with E-state index in [1.807, 2.05) is 18.2 Å². The van der Waals surface area contributed by atoms with Crippen molar-refractivity contribution in [1.82, 2.24) is 0 Å². The number of rotatable bonds is 7. The number of para-hydroxylation sites is 2. The molecule has 4 rings (SSSR count). The lowest BCUT2D eigenvalue weighted by Crippen LogP contribution is -2.21.